The first-order chi connectivity index (χ1) is 17.4. The average molecular weight is 495 g/mol. The quantitative estimate of drug-likeness (QED) is 0.445. The molecule has 1 aliphatic rings. The number of hydrazone groups is 1. The normalized spacial score (nSPS) is 14.8. The smallest absolute Gasteiger partial charge is 0.274 e. The van der Waals surface area contributed by atoms with Crippen molar-refractivity contribution < 1.29 is 32.9 Å². The predicted molar refractivity (Wildman–Crippen MR) is 132 cm³/mol. The molecule has 0 aromatic heterocycles. The first-order valence-corrected chi connectivity index (χ1v) is 11.1. The number of hydrogen-bond acceptors (Lipinski definition) is 7. The maximum absolute atomic E-state index is 13.8. The third-order valence-corrected chi connectivity index (χ3v) is 6.00. The lowest BCUT2D eigenvalue weighted by Gasteiger charge is -2.23. The van der Waals surface area contributed by atoms with Crippen LogP contribution in [0.15, 0.2) is 59.7 Å². The van der Waals surface area contributed by atoms with Crippen molar-refractivity contribution in [2.45, 2.75) is 12.5 Å². The summed E-state index contributed by atoms with van der Waals surface area (Å²) in [6.45, 7) is 0. The van der Waals surface area contributed by atoms with E-state index in [0.717, 1.165) is 11.1 Å². The van der Waals surface area contributed by atoms with Crippen LogP contribution in [-0.2, 0) is 0 Å². The predicted octanol–water partition coefficient (Wildman–Crippen LogP) is 4.86. The first kappa shape index (κ1) is 24.8. The van der Waals surface area contributed by atoms with Crippen LogP contribution < -0.4 is 23.7 Å². The molecule has 3 aromatic rings. The zero-order chi connectivity index (χ0) is 25.8. The second-order valence-corrected chi connectivity index (χ2v) is 7.95. The highest BCUT2D eigenvalue weighted by Crippen LogP contribution is 2.41. The number of amides is 1. The second-order valence-electron chi connectivity index (χ2n) is 7.95. The van der Waals surface area contributed by atoms with Gasteiger partial charge in [-0.25, -0.2) is 9.40 Å². The lowest BCUT2D eigenvalue weighted by atomic mass is 9.97. The van der Waals surface area contributed by atoms with Crippen molar-refractivity contribution in [3.8, 4) is 28.7 Å². The highest BCUT2D eigenvalue weighted by Gasteiger charge is 2.35. The highest BCUT2D eigenvalue weighted by atomic mass is 19.1. The Labute approximate surface area is 208 Å². The van der Waals surface area contributed by atoms with E-state index in [-0.39, 0.29) is 11.7 Å². The van der Waals surface area contributed by atoms with Crippen LogP contribution in [0.2, 0.25) is 0 Å². The standard InChI is InChI=1S/C27H27FN2O6/c1-32-19-10-11-20(23(14-19)33-2)21-15-22(16-6-8-18(28)9-7-16)30(29-21)27(31)17-12-24(34-3)26(36-5)25(13-17)35-4/h6-14,22H,15H2,1-5H3. The fraction of sp³-hybridized carbons (Fsp3) is 0.259. The topological polar surface area (TPSA) is 78.8 Å². The van der Waals surface area contributed by atoms with E-state index in [1.807, 2.05) is 6.07 Å². The minimum Gasteiger partial charge on any atom is -0.497 e. The van der Waals surface area contributed by atoms with Gasteiger partial charge in [0.15, 0.2) is 11.5 Å². The van der Waals surface area contributed by atoms with E-state index < -0.39 is 6.04 Å². The first-order valence-electron chi connectivity index (χ1n) is 11.1. The van der Waals surface area contributed by atoms with Crippen LogP contribution >= 0.6 is 0 Å². The van der Waals surface area contributed by atoms with Gasteiger partial charge in [-0.3, -0.25) is 4.79 Å². The Morgan fingerprint density at radius 1 is 0.833 bits per heavy atom. The Morgan fingerprint density at radius 3 is 2.03 bits per heavy atom. The molecule has 1 aliphatic heterocycles. The average Bonchev–Trinajstić information content (AvgIpc) is 3.36. The van der Waals surface area contributed by atoms with Gasteiger partial charge in [0.2, 0.25) is 5.75 Å². The molecule has 8 nitrogen and oxygen atoms in total. The van der Waals surface area contributed by atoms with Crippen LogP contribution in [0, 0.1) is 5.82 Å². The van der Waals surface area contributed by atoms with Gasteiger partial charge in [0.1, 0.15) is 17.3 Å². The Morgan fingerprint density at radius 2 is 1.47 bits per heavy atom. The molecule has 188 valence electrons. The molecule has 1 atom stereocenters. The molecule has 0 aliphatic carbocycles. The Balaban J connectivity index is 1.81. The number of carbonyl (C=O) groups is 1. The summed E-state index contributed by atoms with van der Waals surface area (Å²) in [5.41, 5.74) is 2.40. The van der Waals surface area contributed by atoms with E-state index in [4.69, 9.17) is 28.8 Å². The van der Waals surface area contributed by atoms with Crippen molar-refractivity contribution in [3.63, 3.8) is 0 Å². The highest BCUT2D eigenvalue weighted by molar-refractivity contribution is 6.07. The largest absolute Gasteiger partial charge is 0.497 e. The number of carbonyl (C=O) groups excluding carboxylic acids is 1. The van der Waals surface area contributed by atoms with Gasteiger partial charge < -0.3 is 23.7 Å². The number of nitrogens with zero attached hydrogens (tertiary/aromatic N) is 2. The summed E-state index contributed by atoms with van der Waals surface area (Å²) in [7, 11) is 7.59. The van der Waals surface area contributed by atoms with Crippen LogP contribution in [0.5, 0.6) is 28.7 Å². The monoisotopic (exact) mass is 494 g/mol. The maximum Gasteiger partial charge on any atom is 0.274 e. The number of halogens is 1. The van der Waals surface area contributed by atoms with Crippen LogP contribution in [-0.4, -0.2) is 52.2 Å². The van der Waals surface area contributed by atoms with Gasteiger partial charge in [-0.05, 0) is 42.0 Å². The van der Waals surface area contributed by atoms with Gasteiger partial charge in [0, 0.05) is 23.6 Å². The van der Waals surface area contributed by atoms with Crippen molar-refractivity contribution in [2.24, 2.45) is 5.10 Å². The number of hydrogen-bond donors (Lipinski definition) is 0. The lowest BCUT2D eigenvalue weighted by Crippen LogP contribution is -2.27. The summed E-state index contributed by atoms with van der Waals surface area (Å²) >= 11 is 0. The number of ether oxygens (including phenoxy) is 5. The molecule has 1 unspecified atom stereocenters. The summed E-state index contributed by atoms with van der Waals surface area (Å²) in [6, 6.07) is 14.1. The van der Waals surface area contributed by atoms with Gasteiger partial charge in [0.25, 0.3) is 5.91 Å². The third-order valence-electron chi connectivity index (χ3n) is 6.00. The molecule has 0 saturated heterocycles. The van der Waals surface area contributed by atoms with Crippen molar-refractivity contribution in [2.75, 3.05) is 35.5 Å². The molecule has 0 spiro atoms. The van der Waals surface area contributed by atoms with E-state index in [2.05, 4.69) is 0 Å². The summed E-state index contributed by atoms with van der Waals surface area (Å²) in [5, 5.41) is 6.10. The summed E-state index contributed by atoms with van der Waals surface area (Å²) < 4.78 is 40.7. The second kappa shape index (κ2) is 10.6. The van der Waals surface area contributed by atoms with Crippen molar-refractivity contribution >= 4 is 11.6 Å². The molecule has 0 bridgehead atoms. The van der Waals surface area contributed by atoms with Gasteiger partial charge in [-0.2, -0.15) is 5.10 Å². The van der Waals surface area contributed by atoms with E-state index in [1.165, 1.54) is 38.5 Å². The Kier molecular flexibility index (Phi) is 7.28. The van der Waals surface area contributed by atoms with E-state index in [9.17, 15) is 9.18 Å². The van der Waals surface area contributed by atoms with Crippen LogP contribution in [0.25, 0.3) is 0 Å². The number of benzene rings is 3. The molecule has 9 heteroatoms. The molecule has 3 aromatic carbocycles. The Hall–Kier alpha value is -4.27. The van der Waals surface area contributed by atoms with Crippen molar-refractivity contribution in [1.29, 1.82) is 0 Å². The molecule has 4 rings (SSSR count). The van der Waals surface area contributed by atoms with Gasteiger partial charge in [-0.1, -0.05) is 12.1 Å². The molecule has 0 N–H and O–H groups in total. The fourth-order valence-corrected chi connectivity index (χ4v) is 4.18. The van der Waals surface area contributed by atoms with Crippen LogP contribution in [0.3, 0.4) is 0 Å². The molecular formula is C27H27FN2O6. The van der Waals surface area contributed by atoms with E-state index in [0.29, 0.717) is 46.4 Å². The maximum atomic E-state index is 13.8. The molecule has 0 radical (unpaired) electrons. The van der Waals surface area contributed by atoms with Crippen LogP contribution in [0.4, 0.5) is 4.39 Å². The molecular weight excluding hydrogens is 467 g/mol. The van der Waals surface area contributed by atoms with Gasteiger partial charge >= 0.3 is 0 Å². The summed E-state index contributed by atoms with van der Waals surface area (Å²) in [6.07, 6.45) is 0.393. The minimum absolute atomic E-state index is 0.295. The Bertz CT molecular complexity index is 1270. The zero-order valence-corrected chi connectivity index (χ0v) is 20.7. The molecule has 1 amide bonds. The fourth-order valence-electron chi connectivity index (χ4n) is 4.18. The van der Waals surface area contributed by atoms with Crippen LogP contribution in [0.1, 0.15) is 33.9 Å². The van der Waals surface area contributed by atoms with Gasteiger partial charge in [0.05, 0.1) is 47.3 Å². The molecule has 0 fully saturated rings. The van der Waals surface area contributed by atoms with E-state index >= 15 is 0 Å². The number of methoxy groups -OCH3 is 5. The third kappa shape index (κ3) is 4.64. The lowest BCUT2D eigenvalue weighted by molar-refractivity contribution is 0.0710. The summed E-state index contributed by atoms with van der Waals surface area (Å²) in [5.74, 6) is 1.52. The molecule has 36 heavy (non-hydrogen) atoms. The zero-order valence-electron chi connectivity index (χ0n) is 20.7. The SMILES string of the molecule is COc1ccc(C2=NN(C(=O)c3cc(OC)c(OC)c(OC)c3)C(c3ccc(F)cc3)C2)c(OC)c1. The van der Waals surface area contributed by atoms with Crippen molar-refractivity contribution in [1.82, 2.24) is 5.01 Å². The van der Waals surface area contributed by atoms with Crippen molar-refractivity contribution in [3.05, 3.63) is 77.1 Å². The minimum atomic E-state index is -0.473. The number of rotatable bonds is 8. The van der Waals surface area contributed by atoms with Gasteiger partial charge in [-0.15, -0.1) is 0 Å². The molecule has 1 heterocycles. The summed E-state index contributed by atoms with van der Waals surface area (Å²) in [4.78, 5) is 13.8. The molecule has 0 saturated carbocycles. The van der Waals surface area contributed by atoms with E-state index in [1.54, 1.807) is 50.6 Å².